The first kappa shape index (κ1) is 13.2. The molecule has 3 aromatic rings. The zero-order chi connectivity index (χ0) is 14.8. The monoisotopic (exact) mass is 283 g/mol. The summed E-state index contributed by atoms with van der Waals surface area (Å²) in [5.74, 6) is -1.06. The molecule has 2 heterocycles. The standard InChI is InChI=1S/C14H13N5O2/c15-11(14(20)21)7-10-8-19(18-17-10)12-5-1-3-9-4-2-6-16-13(9)12/h1-6,8,11H,7,15H2,(H,20,21). The number of carboxylic acid groups (broad SMARTS) is 1. The van der Waals surface area contributed by atoms with Gasteiger partial charge in [0.2, 0.25) is 0 Å². The Hall–Kier alpha value is -2.80. The molecule has 3 N–H and O–H groups in total. The Labute approximate surface area is 120 Å². The minimum Gasteiger partial charge on any atom is -0.480 e. The van der Waals surface area contributed by atoms with E-state index in [4.69, 9.17) is 10.8 Å². The van der Waals surface area contributed by atoms with Gasteiger partial charge in [0.15, 0.2) is 0 Å². The van der Waals surface area contributed by atoms with Crippen LogP contribution in [0, 0.1) is 0 Å². The van der Waals surface area contributed by atoms with Crippen LogP contribution in [-0.4, -0.2) is 37.1 Å². The lowest BCUT2D eigenvalue weighted by atomic mass is 10.2. The van der Waals surface area contributed by atoms with Gasteiger partial charge in [0.05, 0.1) is 23.1 Å². The lowest BCUT2D eigenvalue weighted by Crippen LogP contribution is -2.32. The summed E-state index contributed by atoms with van der Waals surface area (Å²) in [6, 6.07) is 8.59. The van der Waals surface area contributed by atoms with Crippen LogP contribution in [0.5, 0.6) is 0 Å². The predicted molar refractivity (Wildman–Crippen MR) is 76.0 cm³/mol. The van der Waals surface area contributed by atoms with E-state index in [0.717, 1.165) is 16.6 Å². The first-order valence-corrected chi connectivity index (χ1v) is 6.39. The molecule has 0 saturated carbocycles. The number of carbonyl (C=O) groups is 1. The first-order valence-electron chi connectivity index (χ1n) is 6.39. The predicted octanol–water partition coefficient (Wildman–Crippen LogP) is 0.770. The maximum absolute atomic E-state index is 10.8. The summed E-state index contributed by atoms with van der Waals surface area (Å²) in [7, 11) is 0. The Morgan fingerprint density at radius 2 is 2.14 bits per heavy atom. The molecule has 0 fully saturated rings. The first-order chi connectivity index (χ1) is 10.1. The number of aliphatic carboxylic acids is 1. The normalized spacial score (nSPS) is 12.4. The highest BCUT2D eigenvalue weighted by Crippen LogP contribution is 2.19. The number of fused-ring (bicyclic) bond motifs is 1. The van der Waals surface area contributed by atoms with Gasteiger partial charge in [-0.2, -0.15) is 0 Å². The quantitative estimate of drug-likeness (QED) is 0.732. The molecule has 2 aromatic heterocycles. The van der Waals surface area contributed by atoms with Crippen LogP contribution in [-0.2, 0) is 11.2 Å². The summed E-state index contributed by atoms with van der Waals surface area (Å²) in [6.07, 6.45) is 3.52. The summed E-state index contributed by atoms with van der Waals surface area (Å²) in [5.41, 5.74) is 7.62. The topological polar surface area (TPSA) is 107 Å². The highest BCUT2D eigenvalue weighted by molar-refractivity contribution is 5.86. The molecule has 0 saturated heterocycles. The van der Waals surface area contributed by atoms with E-state index in [9.17, 15) is 4.79 Å². The molecule has 0 spiro atoms. The molecular formula is C14H13N5O2. The number of nitrogens with two attached hydrogens (primary N) is 1. The Bertz CT molecular complexity index is 793. The van der Waals surface area contributed by atoms with Crippen molar-refractivity contribution in [3.05, 3.63) is 48.4 Å². The number of pyridine rings is 1. The molecule has 0 radical (unpaired) electrons. The molecule has 1 aromatic carbocycles. The lowest BCUT2D eigenvalue weighted by Gasteiger charge is -2.04. The van der Waals surface area contributed by atoms with E-state index in [0.29, 0.717) is 5.69 Å². The number of hydrogen-bond donors (Lipinski definition) is 2. The van der Waals surface area contributed by atoms with Gasteiger partial charge in [-0.15, -0.1) is 5.10 Å². The zero-order valence-electron chi connectivity index (χ0n) is 11.0. The number of hydrogen-bond acceptors (Lipinski definition) is 5. The van der Waals surface area contributed by atoms with Gasteiger partial charge in [-0.3, -0.25) is 9.78 Å². The number of benzene rings is 1. The van der Waals surface area contributed by atoms with Gasteiger partial charge in [0.1, 0.15) is 6.04 Å². The van der Waals surface area contributed by atoms with Crippen molar-refractivity contribution in [1.82, 2.24) is 20.0 Å². The summed E-state index contributed by atoms with van der Waals surface area (Å²) in [5, 5.41) is 17.8. The molecule has 0 bridgehead atoms. The van der Waals surface area contributed by atoms with Crippen LogP contribution < -0.4 is 5.73 Å². The van der Waals surface area contributed by atoms with Crippen molar-refractivity contribution in [2.75, 3.05) is 0 Å². The van der Waals surface area contributed by atoms with Crippen LogP contribution in [0.2, 0.25) is 0 Å². The van der Waals surface area contributed by atoms with Crippen molar-refractivity contribution in [3.8, 4) is 5.69 Å². The summed E-state index contributed by atoms with van der Waals surface area (Å²) in [4.78, 5) is 15.1. The molecule has 1 atom stereocenters. The number of rotatable bonds is 4. The number of nitrogens with zero attached hydrogens (tertiary/aromatic N) is 4. The van der Waals surface area contributed by atoms with E-state index >= 15 is 0 Å². The molecule has 21 heavy (non-hydrogen) atoms. The van der Waals surface area contributed by atoms with Crippen LogP contribution in [0.1, 0.15) is 5.69 Å². The summed E-state index contributed by atoms with van der Waals surface area (Å²) >= 11 is 0. The Balaban J connectivity index is 1.97. The number of carboxylic acids is 1. The van der Waals surface area contributed by atoms with Gasteiger partial charge in [0, 0.05) is 18.0 Å². The maximum atomic E-state index is 10.8. The molecular weight excluding hydrogens is 270 g/mol. The van der Waals surface area contributed by atoms with E-state index in [1.165, 1.54) is 0 Å². The van der Waals surface area contributed by atoms with Crippen molar-refractivity contribution in [3.63, 3.8) is 0 Å². The second kappa shape index (κ2) is 5.29. The molecule has 0 amide bonds. The third-order valence-electron chi connectivity index (χ3n) is 3.15. The average molecular weight is 283 g/mol. The van der Waals surface area contributed by atoms with Crippen molar-refractivity contribution < 1.29 is 9.90 Å². The van der Waals surface area contributed by atoms with E-state index in [2.05, 4.69) is 15.3 Å². The fourth-order valence-corrected chi connectivity index (χ4v) is 2.10. The smallest absolute Gasteiger partial charge is 0.320 e. The van der Waals surface area contributed by atoms with Crippen LogP contribution in [0.3, 0.4) is 0 Å². The van der Waals surface area contributed by atoms with Crippen molar-refractivity contribution >= 4 is 16.9 Å². The van der Waals surface area contributed by atoms with Gasteiger partial charge in [-0.25, -0.2) is 4.68 Å². The van der Waals surface area contributed by atoms with Gasteiger partial charge in [0.25, 0.3) is 0 Å². The lowest BCUT2D eigenvalue weighted by molar-refractivity contribution is -0.138. The van der Waals surface area contributed by atoms with E-state index in [1.807, 2.05) is 30.3 Å². The van der Waals surface area contributed by atoms with Crippen molar-refractivity contribution in [2.24, 2.45) is 5.73 Å². The SMILES string of the molecule is NC(Cc1cn(-c2cccc3cccnc23)nn1)C(=O)O. The van der Waals surface area contributed by atoms with Crippen LogP contribution in [0.15, 0.2) is 42.7 Å². The van der Waals surface area contributed by atoms with Gasteiger partial charge in [-0.1, -0.05) is 23.4 Å². The molecule has 1 unspecified atom stereocenters. The molecule has 7 heteroatoms. The third-order valence-corrected chi connectivity index (χ3v) is 3.15. The van der Waals surface area contributed by atoms with Crippen molar-refractivity contribution in [1.29, 1.82) is 0 Å². The van der Waals surface area contributed by atoms with E-state index in [-0.39, 0.29) is 6.42 Å². The Morgan fingerprint density at radius 1 is 1.33 bits per heavy atom. The fourth-order valence-electron chi connectivity index (χ4n) is 2.10. The molecule has 0 aliphatic carbocycles. The molecule has 7 nitrogen and oxygen atoms in total. The minimum atomic E-state index is -1.06. The highest BCUT2D eigenvalue weighted by Gasteiger charge is 2.15. The zero-order valence-corrected chi connectivity index (χ0v) is 11.0. The second-order valence-corrected chi connectivity index (χ2v) is 4.66. The maximum Gasteiger partial charge on any atom is 0.320 e. The Kier molecular flexibility index (Phi) is 3.33. The van der Waals surface area contributed by atoms with Crippen LogP contribution in [0.4, 0.5) is 0 Å². The largest absolute Gasteiger partial charge is 0.480 e. The van der Waals surface area contributed by atoms with Gasteiger partial charge in [-0.05, 0) is 12.1 Å². The molecule has 0 aliphatic heterocycles. The number of para-hydroxylation sites is 1. The summed E-state index contributed by atoms with van der Waals surface area (Å²) in [6.45, 7) is 0. The van der Waals surface area contributed by atoms with Gasteiger partial charge < -0.3 is 10.8 Å². The number of aromatic nitrogens is 4. The van der Waals surface area contributed by atoms with Crippen molar-refractivity contribution in [2.45, 2.75) is 12.5 Å². The molecule has 106 valence electrons. The van der Waals surface area contributed by atoms with Crippen LogP contribution in [0.25, 0.3) is 16.6 Å². The minimum absolute atomic E-state index is 0.132. The van der Waals surface area contributed by atoms with Crippen LogP contribution >= 0.6 is 0 Å². The third kappa shape index (κ3) is 2.59. The van der Waals surface area contributed by atoms with E-state index in [1.54, 1.807) is 17.1 Å². The highest BCUT2D eigenvalue weighted by atomic mass is 16.4. The van der Waals surface area contributed by atoms with Gasteiger partial charge >= 0.3 is 5.97 Å². The fraction of sp³-hybridized carbons (Fsp3) is 0.143. The molecule has 0 aliphatic rings. The second-order valence-electron chi connectivity index (χ2n) is 4.66. The molecule has 3 rings (SSSR count). The Morgan fingerprint density at radius 3 is 2.95 bits per heavy atom. The average Bonchev–Trinajstić information content (AvgIpc) is 2.95. The van der Waals surface area contributed by atoms with E-state index < -0.39 is 12.0 Å². The summed E-state index contributed by atoms with van der Waals surface area (Å²) < 4.78 is 1.58.